The number of nitrogens with zero attached hydrogens (tertiary/aromatic N) is 3. The summed E-state index contributed by atoms with van der Waals surface area (Å²) < 4.78 is 0. The van der Waals surface area contributed by atoms with E-state index in [1.54, 1.807) is 22.2 Å². The highest BCUT2D eigenvalue weighted by Crippen LogP contribution is 2.21. The van der Waals surface area contributed by atoms with Crippen LogP contribution in [0.25, 0.3) is 0 Å². The minimum atomic E-state index is -0.142. The predicted molar refractivity (Wildman–Crippen MR) is 71.4 cm³/mol. The molecule has 17 heavy (non-hydrogen) atoms. The third-order valence-corrected chi connectivity index (χ3v) is 3.94. The first-order chi connectivity index (χ1) is 8.20. The fraction of sp³-hybridized carbons (Fsp3) is 0.300. The minimum Gasteiger partial charge on any atom is -0.345 e. The number of aromatic nitrogens is 2. The molecule has 0 bridgehead atoms. The highest BCUT2D eigenvalue weighted by Gasteiger charge is 2.12. The maximum atomic E-state index is 11.3. The zero-order chi connectivity index (χ0) is 12.3. The zero-order valence-electron chi connectivity index (χ0n) is 9.09. The van der Waals surface area contributed by atoms with E-state index in [1.165, 1.54) is 11.3 Å². The van der Waals surface area contributed by atoms with Crippen molar-refractivity contribution in [1.82, 2.24) is 9.97 Å². The third kappa shape index (κ3) is 3.02. The molecule has 2 aromatic heterocycles. The topological polar surface area (TPSA) is 46.1 Å². The van der Waals surface area contributed by atoms with Gasteiger partial charge in [0.15, 0.2) is 10.9 Å². The fourth-order valence-electron chi connectivity index (χ4n) is 1.26. The van der Waals surface area contributed by atoms with Crippen LogP contribution in [0.15, 0.2) is 16.3 Å². The standard InChI is InChI=1S/C10H10ClN3OS2/c1-14(3-7-4-16-6-12-7)10-13-8(5-17-10)9(15)2-11/h4-6H,2-3H2,1H3. The second-order valence-electron chi connectivity index (χ2n) is 3.41. The van der Waals surface area contributed by atoms with Crippen LogP contribution in [0, 0.1) is 0 Å². The zero-order valence-corrected chi connectivity index (χ0v) is 11.5. The SMILES string of the molecule is CN(Cc1cscn1)c1nc(C(=O)CCl)cs1. The van der Waals surface area contributed by atoms with Crippen molar-refractivity contribution in [2.45, 2.75) is 6.54 Å². The van der Waals surface area contributed by atoms with Gasteiger partial charge in [0.25, 0.3) is 0 Å². The number of thiazole rings is 2. The summed E-state index contributed by atoms with van der Waals surface area (Å²) >= 11 is 8.48. The summed E-state index contributed by atoms with van der Waals surface area (Å²) in [6.07, 6.45) is 0. The van der Waals surface area contributed by atoms with Gasteiger partial charge in [-0.15, -0.1) is 34.3 Å². The quantitative estimate of drug-likeness (QED) is 0.626. The van der Waals surface area contributed by atoms with Crippen LogP contribution in [-0.4, -0.2) is 28.7 Å². The molecule has 7 heteroatoms. The monoisotopic (exact) mass is 287 g/mol. The van der Waals surface area contributed by atoms with E-state index in [-0.39, 0.29) is 11.7 Å². The average Bonchev–Trinajstić information content (AvgIpc) is 2.98. The van der Waals surface area contributed by atoms with Gasteiger partial charge in [-0.1, -0.05) is 0 Å². The molecule has 0 amide bonds. The van der Waals surface area contributed by atoms with Gasteiger partial charge in [-0.3, -0.25) is 4.79 Å². The number of anilines is 1. The number of rotatable bonds is 5. The van der Waals surface area contributed by atoms with Crippen molar-refractivity contribution in [3.8, 4) is 0 Å². The van der Waals surface area contributed by atoms with Gasteiger partial charge in [0.2, 0.25) is 0 Å². The second-order valence-corrected chi connectivity index (χ2v) is 5.23. The molecule has 0 atom stereocenters. The van der Waals surface area contributed by atoms with E-state index < -0.39 is 0 Å². The molecule has 2 rings (SSSR count). The lowest BCUT2D eigenvalue weighted by Crippen LogP contribution is -2.16. The Hall–Kier alpha value is -0.980. The lowest BCUT2D eigenvalue weighted by atomic mass is 10.3. The highest BCUT2D eigenvalue weighted by atomic mass is 35.5. The summed E-state index contributed by atoms with van der Waals surface area (Å²) in [5, 5.41) is 4.53. The van der Waals surface area contributed by atoms with Crippen molar-refractivity contribution in [2.75, 3.05) is 17.8 Å². The summed E-state index contributed by atoms with van der Waals surface area (Å²) in [5.41, 5.74) is 3.23. The first kappa shape index (κ1) is 12.5. The van der Waals surface area contributed by atoms with Gasteiger partial charge >= 0.3 is 0 Å². The molecule has 0 spiro atoms. The molecular formula is C10H10ClN3OS2. The molecule has 0 saturated heterocycles. The van der Waals surface area contributed by atoms with Gasteiger partial charge in [0.05, 0.1) is 23.6 Å². The van der Waals surface area contributed by atoms with E-state index in [1.807, 2.05) is 17.3 Å². The third-order valence-electron chi connectivity index (χ3n) is 2.11. The molecule has 0 saturated carbocycles. The number of carbonyl (C=O) groups excluding carboxylic acids is 1. The Morgan fingerprint density at radius 2 is 2.35 bits per heavy atom. The molecule has 90 valence electrons. The predicted octanol–water partition coefficient (Wildman–Crippen LogP) is 2.66. The molecule has 0 radical (unpaired) electrons. The molecule has 0 unspecified atom stereocenters. The normalized spacial score (nSPS) is 10.5. The van der Waals surface area contributed by atoms with Crippen LogP contribution < -0.4 is 4.90 Å². The van der Waals surface area contributed by atoms with E-state index in [0.717, 1.165) is 10.8 Å². The molecule has 0 aliphatic heterocycles. The number of hydrogen-bond donors (Lipinski definition) is 0. The molecule has 0 aliphatic carbocycles. The van der Waals surface area contributed by atoms with Crippen molar-refractivity contribution in [3.05, 3.63) is 27.7 Å². The smallest absolute Gasteiger partial charge is 0.196 e. The second kappa shape index (κ2) is 5.57. The number of alkyl halides is 1. The van der Waals surface area contributed by atoms with E-state index in [0.29, 0.717) is 12.2 Å². The maximum absolute atomic E-state index is 11.3. The summed E-state index contributed by atoms with van der Waals surface area (Å²) in [7, 11) is 1.92. The average molecular weight is 288 g/mol. The van der Waals surface area contributed by atoms with Crippen LogP contribution in [-0.2, 0) is 6.54 Å². The molecule has 2 heterocycles. The van der Waals surface area contributed by atoms with Gasteiger partial charge in [0.1, 0.15) is 5.69 Å². The minimum absolute atomic E-state index is 0.0288. The lowest BCUT2D eigenvalue weighted by Gasteiger charge is -2.13. The molecule has 0 N–H and O–H groups in total. The van der Waals surface area contributed by atoms with Crippen LogP contribution in [0.1, 0.15) is 16.2 Å². The van der Waals surface area contributed by atoms with E-state index in [9.17, 15) is 4.79 Å². The van der Waals surface area contributed by atoms with Crippen molar-refractivity contribution in [2.24, 2.45) is 0 Å². The molecule has 0 fully saturated rings. The Kier molecular flexibility index (Phi) is 4.09. The number of Topliss-reactive ketones (excluding diaryl/α,β-unsaturated/α-hetero) is 1. The van der Waals surface area contributed by atoms with Crippen LogP contribution in [0.4, 0.5) is 5.13 Å². The van der Waals surface area contributed by atoms with Crippen LogP contribution in [0.3, 0.4) is 0 Å². The summed E-state index contributed by atoms with van der Waals surface area (Å²) in [4.78, 5) is 21.8. The first-order valence-electron chi connectivity index (χ1n) is 4.83. The van der Waals surface area contributed by atoms with Gasteiger partial charge in [-0.2, -0.15) is 0 Å². The number of carbonyl (C=O) groups is 1. The summed E-state index contributed by atoms with van der Waals surface area (Å²) in [5.74, 6) is -0.171. The van der Waals surface area contributed by atoms with E-state index in [4.69, 9.17) is 11.6 Å². The molecule has 4 nitrogen and oxygen atoms in total. The Bertz CT molecular complexity index is 497. The van der Waals surface area contributed by atoms with Gasteiger partial charge in [-0.25, -0.2) is 9.97 Å². The van der Waals surface area contributed by atoms with Crippen molar-refractivity contribution in [1.29, 1.82) is 0 Å². The Morgan fingerprint density at radius 1 is 1.53 bits per heavy atom. The molecule has 0 aromatic carbocycles. The van der Waals surface area contributed by atoms with Crippen molar-refractivity contribution < 1.29 is 4.79 Å². The fourth-order valence-corrected chi connectivity index (χ4v) is 2.75. The van der Waals surface area contributed by atoms with Gasteiger partial charge < -0.3 is 4.90 Å². The maximum Gasteiger partial charge on any atom is 0.196 e. The Balaban J connectivity index is 2.07. The van der Waals surface area contributed by atoms with Gasteiger partial charge in [-0.05, 0) is 0 Å². The lowest BCUT2D eigenvalue weighted by molar-refractivity contribution is 0.101. The Labute approximate surface area is 112 Å². The van der Waals surface area contributed by atoms with E-state index >= 15 is 0 Å². The van der Waals surface area contributed by atoms with Crippen molar-refractivity contribution >= 4 is 45.2 Å². The van der Waals surface area contributed by atoms with Crippen LogP contribution in [0.2, 0.25) is 0 Å². The summed E-state index contributed by atoms with van der Waals surface area (Å²) in [6, 6.07) is 0. The number of halogens is 1. The number of ketones is 1. The molecular weight excluding hydrogens is 278 g/mol. The van der Waals surface area contributed by atoms with Gasteiger partial charge in [0, 0.05) is 17.8 Å². The molecule has 2 aromatic rings. The van der Waals surface area contributed by atoms with E-state index in [2.05, 4.69) is 9.97 Å². The Morgan fingerprint density at radius 3 is 3.00 bits per heavy atom. The van der Waals surface area contributed by atoms with Crippen LogP contribution >= 0.6 is 34.3 Å². The van der Waals surface area contributed by atoms with Crippen molar-refractivity contribution in [3.63, 3.8) is 0 Å². The number of hydrogen-bond acceptors (Lipinski definition) is 6. The largest absolute Gasteiger partial charge is 0.345 e. The van der Waals surface area contributed by atoms with Crippen LogP contribution in [0.5, 0.6) is 0 Å². The highest BCUT2D eigenvalue weighted by molar-refractivity contribution is 7.14. The molecule has 0 aliphatic rings. The summed E-state index contributed by atoms with van der Waals surface area (Å²) in [6.45, 7) is 0.686. The first-order valence-corrected chi connectivity index (χ1v) is 7.19.